The van der Waals surface area contributed by atoms with Crippen LogP contribution in [0.2, 0.25) is 0 Å². The monoisotopic (exact) mass is 342 g/mol. The van der Waals surface area contributed by atoms with Gasteiger partial charge in [-0.25, -0.2) is 0 Å². The summed E-state index contributed by atoms with van der Waals surface area (Å²) in [5, 5.41) is 0.988. The van der Waals surface area contributed by atoms with E-state index in [0.717, 1.165) is 62.8 Å². The summed E-state index contributed by atoms with van der Waals surface area (Å²) in [5.41, 5.74) is 0.779. The van der Waals surface area contributed by atoms with Gasteiger partial charge in [0.1, 0.15) is 5.58 Å². The first-order valence-corrected chi connectivity index (χ1v) is 9.29. The van der Waals surface area contributed by atoms with Crippen LogP contribution in [0, 0.1) is 0 Å². The molecule has 134 valence electrons. The number of carbonyl (C=O) groups excluding carboxylic acids is 1. The fraction of sp³-hybridized carbons (Fsp3) is 0.550. The molecule has 3 heterocycles. The molecule has 0 saturated carbocycles. The molecule has 2 aliphatic rings. The van der Waals surface area contributed by atoms with Crippen LogP contribution in [0.1, 0.15) is 36.2 Å². The summed E-state index contributed by atoms with van der Waals surface area (Å²) in [6.45, 7) is 3.84. The Morgan fingerprint density at radius 2 is 1.80 bits per heavy atom. The minimum Gasteiger partial charge on any atom is -0.451 e. The molecule has 5 heteroatoms. The molecule has 0 radical (unpaired) electrons. The molecule has 0 unspecified atom stereocenters. The molecule has 2 fully saturated rings. The third-order valence-corrected chi connectivity index (χ3v) is 5.71. The van der Waals surface area contributed by atoms with Crippen molar-refractivity contribution < 1.29 is 13.9 Å². The van der Waals surface area contributed by atoms with Gasteiger partial charge in [0, 0.05) is 44.7 Å². The van der Waals surface area contributed by atoms with E-state index in [9.17, 15) is 4.79 Å². The molecular weight excluding hydrogens is 316 g/mol. The van der Waals surface area contributed by atoms with Crippen LogP contribution in [-0.2, 0) is 4.74 Å². The van der Waals surface area contributed by atoms with Crippen molar-refractivity contribution in [2.45, 2.75) is 37.8 Å². The Bertz CT molecular complexity index is 692. The van der Waals surface area contributed by atoms with Gasteiger partial charge in [-0.1, -0.05) is 18.2 Å². The van der Waals surface area contributed by atoms with E-state index < -0.39 is 0 Å². The number of likely N-dealkylation sites (tertiary alicyclic amines) is 2. The minimum atomic E-state index is 0.0211. The maximum Gasteiger partial charge on any atom is 0.289 e. The van der Waals surface area contributed by atoms with Crippen LogP contribution >= 0.6 is 0 Å². The van der Waals surface area contributed by atoms with Gasteiger partial charge < -0.3 is 19.0 Å². The maximum absolute atomic E-state index is 12.7. The number of furan rings is 1. The zero-order chi connectivity index (χ0) is 17.2. The van der Waals surface area contributed by atoms with Gasteiger partial charge in [0.15, 0.2) is 5.76 Å². The topological polar surface area (TPSA) is 45.9 Å². The van der Waals surface area contributed by atoms with E-state index in [1.165, 1.54) is 0 Å². The zero-order valence-electron chi connectivity index (χ0n) is 14.8. The summed E-state index contributed by atoms with van der Waals surface area (Å²) in [7, 11) is 1.81. The Labute approximate surface area is 148 Å². The van der Waals surface area contributed by atoms with Crippen molar-refractivity contribution in [2.75, 3.05) is 33.3 Å². The third kappa shape index (κ3) is 3.44. The number of hydrogen-bond donors (Lipinski definition) is 0. The molecule has 2 aliphatic heterocycles. The van der Waals surface area contributed by atoms with Crippen molar-refractivity contribution in [2.24, 2.45) is 0 Å². The zero-order valence-corrected chi connectivity index (χ0v) is 14.8. The third-order valence-electron chi connectivity index (χ3n) is 5.71. The van der Waals surface area contributed by atoms with Crippen molar-refractivity contribution in [3.05, 3.63) is 36.1 Å². The standard InChI is InChI=1S/C20H26N2O3/c1-24-17-8-12-21(13-9-17)16-6-10-22(11-7-16)20(23)19-14-15-4-2-3-5-18(15)25-19/h2-5,14,16-17H,6-13H2,1H3. The van der Waals surface area contributed by atoms with E-state index in [0.29, 0.717) is 17.9 Å². The number of benzene rings is 1. The molecule has 0 bridgehead atoms. The lowest BCUT2D eigenvalue weighted by atomic mass is 9.98. The molecule has 0 N–H and O–H groups in total. The highest BCUT2D eigenvalue weighted by Gasteiger charge is 2.30. The molecule has 1 aromatic heterocycles. The number of rotatable bonds is 3. The summed E-state index contributed by atoms with van der Waals surface area (Å²) in [6.07, 6.45) is 4.75. The van der Waals surface area contributed by atoms with Gasteiger partial charge in [-0.15, -0.1) is 0 Å². The molecule has 1 aromatic carbocycles. The van der Waals surface area contributed by atoms with Gasteiger partial charge >= 0.3 is 0 Å². The molecule has 2 aromatic rings. The first-order chi connectivity index (χ1) is 12.2. The summed E-state index contributed by atoms with van der Waals surface area (Å²) < 4.78 is 11.2. The molecule has 0 spiro atoms. The normalized spacial score (nSPS) is 21.1. The van der Waals surface area contributed by atoms with Crippen LogP contribution in [0.4, 0.5) is 0 Å². The lowest BCUT2D eigenvalue weighted by Gasteiger charge is -2.41. The molecule has 4 rings (SSSR count). The first kappa shape index (κ1) is 16.6. The SMILES string of the molecule is COC1CCN(C2CCN(C(=O)c3cc4ccccc4o3)CC2)CC1. The lowest BCUT2D eigenvalue weighted by Crippen LogP contribution is -2.49. The van der Waals surface area contributed by atoms with Crippen LogP contribution in [0.15, 0.2) is 34.7 Å². The van der Waals surface area contributed by atoms with Crippen LogP contribution in [0.3, 0.4) is 0 Å². The number of nitrogens with zero attached hydrogens (tertiary/aromatic N) is 2. The summed E-state index contributed by atoms with van der Waals surface area (Å²) in [4.78, 5) is 17.3. The van der Waals surface area contributed by atoms with Crippen LogP contribution < -0.4 is 0 Å². The Balaban J connectivity index is 1.34. The van der Waals surface area contributed by atoms with Gasteiger partial charge in [-0.3, -0.25) is 4.79 Å². The predicted molar refractivity (Wildman–Crippen MR) is 96.7 cm³/mol. The van der Waals surface area contributed by atoms with E-state index in [-0.39, 0.29) is 5.91 Å². The van der Waals surface area contributed by atoms with Crippen LogP contribution in [0.5, 0.6) is 0 Å². The number of piperidine rings is 2. The summed E-state index contributed by atoms with van der Waals surface area (Å²) in [6, 6.07) is 10.2. The maximum atomic E-state index is 12.7. The lowest BCUT2D eigenvalue weighted by molar-refractivity contribution is 0.0142. The van der Waals surface area contributed by atoms with Crippen molar-refractivity contribution in [3.63, 3.8) is 0 Å². The Kier molecular flexibility index (Phi) is 4.77. The first-order valence-electron chi connectivity index (χ1n) is 9.29. The number of fused-ring (bicyclic) bond motifs is 1. The highest BCUT2D eigenvalue weighted by atomic mass is 16.5. The van der Waals surface area contributed by atoms with Crippen LogP contribution in [-0.4, -0.2) is 61.1 Å². The fourth-order valence-electron chi connectivity index (χ4n) is 4.15. The molecule has 2 saturated heterocycles. The number of ether oxygens (including phenoxy) is 1. The second-order valence-corrected chi connectivity index (χ2v) is 7.14. The van der Waals surface area contributed by atoms with Gasteiger partial charge in [-0.2, -0.15) is 0 Å². The molecule has 1 amide bonds. The second-order valence-electron chi connectivity index (χ2n) is 7.14. The van der Waals surface area contributed by atoms with E-state index >= 15 is 0 Å². The highest BCUT2D eigenvalue weighted by molar-refractivity contribution is 5.96. The summed E-state index contributed by atoms with van der Waals surface area (Å²) in [5.74, 6) is 0.480. The number of carbonyl (C=O) groups is 1. The largest absolute Gasteiger partial charge is 0.451 e. The van der Waals surface area contributed by atoms with Gasteiger partial charge in [0.05, 0.1) is 6.10 Å². The quantitative estimate of drug-likeness (QED) is 0.860. The molecular formula is C20H26N2O3. The van der Waals surface area contributed by atoms with E-state index in [1.54, 1.807) is 0 Å². The minimum absolute atomic E-state index is 0.0211. The van der Waals surface area contributed by atoms with Crippen LogP contribution in [0.25, 0.3) is 11.0 Å². The van der Waals surface area contributed by atoms with Crippen molar-refractivity contribution in [3.8, 4) is 0 Å². The van der Waals surface area contributed by atoms with Crippen molar-refractivity contribution >= 4 is 16.9 Å². The average molecular weight is 342 g/mol. The predicted octanol–water partition coefficient (Wildman–Crippen LogP) is 3.15. The van der Waals surface area contributed by atoms with Gasteiger partial charge in [0.25, 0.3) is 5.91 Å². The van der Waals surface area contributed by atoms with Gasteiger partial charge in [-0.05, 0) is 37.8 Å². The second kappa shape index (κ2) is 7.18. The summed E-state index contributed by atoms with van der Waals surface area (Å²) >= 11 is 0. The molecule has 0 atom stereocenters. The molecule has 0 aliphatic carbocycles. The number of amides is 1. The van der Waals surface area contributed by atoms with E-state index in [2.05, 4.69) is 4.90 Å². The average Bonchev–Trinajstić information content (AvgIpc) is 3.12. The Morgan fingerprint density at radius 1 is 1.08 bits per heavy atom. The Morgan fingerprint density at radius 3 is 2.48 bits per heavy atom. The molecule has 5 nitrogen and oxygen atoms in total. The van der Waals surface area contributed by atoms with E-state index in [1.807, 2.05) is 42.3 Å². The highest BCUT2D eigenvalue weighted by Crippen LogP contribution is 2.25. The van der Waals surface area contributed by atoms with E-state index in [4.69, 9.17) is 9.15 Å². The smallest absolute Gasteiger partial charge is 0.289 e. The van der Waals surface area contributed by atoms with Gasteiger partial charge in [0.2, 0.25) is 0 Å². The number of hydrogen-bond acceptors (Lipinski definition) is 4. The number of methoxy groups -OCH3 is 1. The Hall–Kier alpha value is -1.85. The van der Waals surface area contributed by atoms with Crippen molar-refractivity contribution in [1.29, 1.82) is 0 Å². The molecule has 25 heavy (non-hydrogen) atoms. The number of para-hydroxylation sites is 1. The fourth-order valence-corrected chi connectivity index (χ4v) is 4.15. The van der Waals surface area contributed by atoms with Crippen molar-refractivity contribution in [1.82, 2.24) is 9.80 Å².